The minimum absolute atomic E-state index is 0.250. The van der Waals surface area contributed by atoms with Gasteiger partial charge in [0, 0.05) is 15.0 Å². The number of carbonyl (C=O) groups is 1. The summed E-state index contributed by atoms with van der Waals surface area (Å²) in [5, 5.41) is 12.2. The van der Waals surface area contributed by atoms with E-state index in [1.165, 1.54) is 0 Å². The summed E-state index contributed by atoms with van der Waals surface area (Å²) >= 11 is 2.23. The number of hydrogen-bond donors (Lipinski definition) is 2. The number of hydrogen-bond acceptors (Lipinski definition) is 3. The molecule has 0 saturated carbocycles. The molecule has 1 heterocycles. The topological polar surface area (TPSA) is 62.2 Å². The highest BCUT2D eigenvalue weighted by Gasteiger charge is 2.08. The van der Waals surface area contributed by atoms with Crippen molar-refractivity contribution in [2.24, 2.45) is 0 Å². The van der Waals surface area contributed by atoms with Crippen LogP contribution in [0.15, 0.2) is 36.4 Å². The molecule has 0 spiro atoms. The van der Waals surface area contributed by atoms with Crippen molar-refractivity contribution >= 4 is 40.1 Å². The molecule has 98 valence electrons. The molecule has 0 saturated heterocycles. The van der Waals surface area contributed by atoms with E-state index in [1.807, 2.05) is 31.2 Å². The van der Waals surface area contributed by atoms with Crippen molar-refractivity contribution in [3.63, 3.8) is 0 Å². The van der Waals surface area contributed by atoms with Gasteiger partial charge in [0.2, 0.25) is 0 Å². The van der Waals surface area contributed by atoms with Crippen LogP contribution < -0.4 is 5.32 Å². The van der Waals surface area contributed by atoms with Crippen molar-refractivity contribution in [3.8, 4) is 0 Å². The molecule has 0 aliphatic rings. The Labute approximate surface area is 125 Å². The van der Waals surface area contributed by atoms with E-state index in [0.29, 0.717) is 12.2 Å². The maximum atomic E-state index is 11.1. The molecule has 0 bridgehead atoms. The molecule has 0 unspecified atom stereocenters. The number of aryl methyl sites for hydroxylation is 1. The maximum Gasteiger partial charge on any atom is 0.335 e. The van der Waals surface area contributed by atoms with Gasteiger partial charge in [-0.2, -0.15) is 0 Å². The number of pyridine rings is 1. The average Bonchev–Trinajstić information content (AvgIpc) is 2.38. The number of halogens is 1. The first kappa shape index (κ1) is 13.8. The Bertz CT molecular complexity index is 614. The second-order valence-corrected chi connectivity index (χ2v) is 5.27. The van der Waals surface area contributed by atoms with Gasteiger partial charge in [-0.3, -0.25) is 0 Å². The van der Waals surface area contributed by atoms with E-state index in [4.69, 9.17) is 5.11 Å². The summed E-state index contributed by atoms with van der Waals surface area (Å²) in [6, 6.07) is 11.0. The van der Waals surface area contributed by atoms with Crippen LogP contribution in [-0.4, -0.2) is 16.1 Å². The van der Waals surface area contributed by atoms with Crippen molar-refractivity contribution in [3.05, 3.63) is 51.2 Å². The van der Waals surface area contributed by atoms with Gasteiger partial charge in [-0.25, -0.2) is 9.78 Å². The fraction of sp³-hybridized carbons (Fsp3) is 0.143. The van der Waals surface area contributed by atoms with Crippen LogP contribution in [0.1, 0.15) is 23.0 Å². The number of nitrogens with zero attached hydrogens (tertiary/aromatic N) is 1. The molecule has 0 aliphatic carbocycles. The van der Waals surface area contributed by atoms with E-state index < -0.39 is 5.97 Å². The molecular formula is C14H13IN2O2. The number of benzene rings is 1. The number of rotatable bonds is 4. The highest BCUT2D eigenvalue weighted by Crippen LogP contribution is 2.19. The number of nitrogens with one attached hydrogen (secondary N) is 1. The predicted octanol–water partition coefficient (Wildman–Crippen LogP) is 3.69. The molecular weight excluding hydrogens is 355 g/mol. The van der Waals surface area contributed by atoms with Crippen LogP contribution in [0.3, 0.4) is 0 Å². The second-order valence-electron chi connectivity index (χ2n) is 4.03. The summed E-state index contributed by atoms with van der Waals surface area (Å²) < 4.78 is 1.10. The van der Waals surface area contributed by atoms with Crippen LogP contribution in [0.5, 0.6) is 0 Å². The number of aromatic carboxylic acids is 1. The van der Waals surface area contributed by atoms with Crippen molar-refractivity contribution in [2.45, 2.75) is 13.3 Å². The highest BCUT2D eigenvalue weighted by atomic mass is 127. The molecule has 5 heteroatoms. The summed E-state index contributed by atoms with van der Waals surface area (Å²) in [6.45, 7) is 1.95. The third-order valence-electron chi connectivity index (χ3n) is 2.58. The maximum absolute atomic E-state index is 11.1. The minimum Gasteiger partial charge on any atom is -0.478 e. The van der Waals surface area contributed by atoms with Crippen LogP contribution >= 0.6 is 22.6 Å². The Morgan fingerprint density at radius 1 is 1.37 bits per heavy atom. The van der Waals surface area contributed by atoms with Gasteiger partial charge in [0.05, 0.1) is 5.56 Å². The molecule has 0 atom stereocenters. The minimum atomic E-state index is -0.942. The number of anilines is 2. The molecule has 1 aromatic carbocycles. The van der Waals surface area contributed by atoms with E-state index in [-0.39, 0.29) is 5.56 Å². The van der Waals surface area contributed by atoms with Crippen LogP contribution in [0.25, 0.3) is 0 Å². The number of carboxylic acids is 1. The van der Waals surface area contributed by atoms with Crippen molar-refractivity contribution < 1.29 is 9.90 Å². The third-order valence-corrected chi connectivity index (χ3v) is 3.26. The first-order valence-corrected chi connectivity index (χ1v) is 6.93. The monoisotopic (exact) mass is 368 g/mol. The lowest BCUT2D eigenvalue weighted by Crippen LogP contribution is -2.03. The molecule has 2 aromatic rings. The van der Waals surface area contributed by atoms with Gasteiger partial charge in [-0.05, 0) is 59.3 Å². The fourth-order valence-electron chi connectivity index (χ4n) is 1.67. The van der Waals surface area contributed by atoms with Gasteiger partial charge in [0.1, 0.15) is 5.82 Å². The van der Waals surface area contributed by atoms with E-state index in [1.54, 1.807) is 12.1 Å². The average molecular weight is 368 g/mol. The van der Waals surface area contributed by atoms with Crippen molar-refractivity contribution in [2.75, 3.05) is 5.32 Å². The molecule has 2 rings (SSSR count). The number of aromatic nitrogens is 1. The van der Waals surface area contributed by atoms with E-state index in [0.717, 1.165) is 15.0 Å². The Morgan fingerprint density at radius 2 is 2.16 bits per heavy atom. The summed E-state index contributed by atoms with van der Waals surface area (Å²) in [4.78, 5) is 15.5. The molecule has 0 aliphatic heterocycles. The first-order chi connectivity index (χ1) is 9.08. The van der Waals surface area contributed by atoms with Gasteiger partial charge in [-0.15, -0.1) is 0 Å². The Hall–Kier alpha value is -1.63. The number of carboxylic acid groups (broad SMARTS) is 1. The quantitative estimate of drug-likeness (QED) is 0.809. The molecule has 0 fully saturated rings. The van der Waals surface area contributed by atoms with Gasteiger partial charge in [0.25, 0.3) is 0 Å². The third kappa shape index (κ3) is 3.66. The predicted molar refractivity (Wildman–Crippen MR) is 83.0 cm³/mol. The van der Waals surface area contributed by atoms with E-state index >= 15 is 0 Å². The van der Waals surface area contributed by atoms with E-state index in [2.05, 4.69) is 32.9 Å². The zero-order chi connectivity index (χ0) is 13.8. The standard InChI is InChI=1S/C14H13IN2O2/c1-2-11-6-9(14(18)19)7-13(16-11)17-12-5-3-4-10(15)8-12/h3-8H,2H2,1H3,(H,16,17)(H,18,19). The summed E-state index contributed by atoms with van der Waals surface area (Å²) in [6.07, 6.45) is 0.697. The largest absolute Gasteiger partial charge is 0.478 e. The first-order valence-electron chi connectivity index (χ1n) is 5.85. The molecule has 0 amide bonds. The molecule has 0 radical (unpaired) electrons. The van der Waals surface area contributed by atoms with Crippen molar-refractivity contribution in [1.29, 1.82) is 0 Å². The lowest BCUT2D eigenvalue weighted by molar-refractivity contribution is 0.0696. The Morgan fingerprint density at radius 3 is 2.79 bits per heavy atom. The summed E-state index contributed by atoms with van der Waals surface area (Å²) in [5.74, 6) is -0.387. The van der Waals surface area contributed by atoms with Gasteiger partial charge >= 0.3 is 5.97 Å². The van der Waals surface area contributed by atoms with E-state index in [9.17, 15) is 4.79 Å². The van der Waals surface area contributed by atoms with Gasteiger partial charge in [-0.1, -0.05) is 13.0 Å². The zero-order valence-electron chi connectivity index (χ0n) is 10.4. The lowest BCUT2D eigenvalue weighted by atomic mass is 10.2. The van der Waals surface area contributed by atoms with Crippen LogP contribution in [0.2, 0.25) is 0 Å². The highest BCUT2D eigenvalue weighted by molar-refractivity contribution is 14.1. The SMILES string of the molecule is CCc1cc(C(=O)O)cc(Nc2cccc(I)c2)n1. The molecule has 4 nitrogen and oxygen atoms in total. The normalized spacial score (nSPS) is 10.2. The van der Waals surface area contributed by atoms with Crippen molar-refractivity contribution in [1.82, 2.24) is 4.98 Å². The van der Waals surface area contributed by atoms with Crippen LogP contribution in [0.4, 0.5) is 11.5 Å². The Kier molecular flexibility index (Phi) is 4.36. The summed E-state index contributed by atoms with van der Waals surface area (Å²) in [7, 11) is 0. The Balaban J connectivity index is 2.34. The lowest BCUT2D eigenvalue weighted by Gasteiger charge is -2.08. The van der Waals surface area contributed by atoms with Gasteiger partial charge < -0.3 is 10.4 Å². The second kappa shape index (κ2) is 6.01. The smallest absolute Gasteiger partial charge is 0.335 e. The molecule has 1 aromatic heterocycles. The fourth-order valence-corrected chi connectivity index (χ4v) is 2.21. The molecule has 2 N–H and O–H groups in total. The molecule has 19 heavy (non-hydrogen) atoms. The zero-order valence-corrected chi connectivity index (χ0v) is 12.5. The van der Waals surface area contributed by atoms with Crippen LogP contribution in [0, 0.1) is 3.57 Å². The summed E-state index contributed by atoms with van der Waals surface area (Å²) in [5.41, 5.74) is 1.90. The van der Waals surface area contributed by atoms with Crippen LogP contribution in [-0.2, 0) is 6.42 Å². The van der Waals surface area contributed by atoms with Gasteiger partial charge in [0.15, 0.2) is 0 Å².